The van der Waals surface area contributed by atoms with E-state index in [0.29, 0.717) is 29.5 Å². The highest BCUT2D eigenvalue weighted by molar-refractivity contribution is 5.44. The standard InChI is InChI=1S/C19H19F2N5O/c1-12-9-23-16(10-22-12)19-24-18(25-27-19)13-5-7-26(8-6-13)11-14-3-2-4-15(20)17(14)21/h2-4,9-10,13H,5-8,11H2,1H3. The fourth-order valence-electron chi connectivity index (χ4n) is 3.27. The molecule has 140 valence electrons. The summed E-state index contributed by atoms with van der Waals surface area (Å²) in [5, 5.41) is 4.09. The van der Waals surface area contributed by atoms with Crippen molar-refractivity contribution in [2.24, 2.45) is 0 Å². The van der Waals surface area contributed by atoms with Crippen molar-refractivity contribution in [3.63, 3.8) is 0 Å². The molecule has 3 aromatic rings. The Labute approximate surface area is 155 Å². The number of nitrogens with zero attached hydrogens (tertiary/aromatic N) is 5. The molecule has 1 aliphatic rings. The lowest BCUT2D eigenvalue weighted by molar-refractivity contribution is 0.197. The van der Waals surface area contributed by atoms with E-state index in [4.69, 9.17) is 4.52 Å². The van der Waals surface area contributed by atoms with Crippen molar-refractivity contribution in [3.8, 4) is 11.6 Å². The van der Waals surface area contributed by atoms with Gasteiger partial charge in [0.2, 0.25) is 0 Å². The van der Waals surface area contributed by atoms with Crippen LogP contribution in [0.5, 0.6) is 0 Å². The molecule has 3 heterocycles. The summed E-state index contributed by atoms with van der Waals surface area (Å²) < 4.78 is 32.5. The van der Waals surface area contributed by atoms with Crippen molar-refractivity contribution in [3.05, 3.63) is 59.3 Å². The lowest BCUT2D eigenvalue weighted by Crippen LogP contribution is -2.33. The van der Waals surface area contributed by atoms with Crippen molar-refractivity contribution in [1.29, 1.82) is 0 Å². The van der Waals surface area contributed by atoms with Crippen LogP contribution in [-0.4, -0.2) is 38.1 Å². The fraction of sp³-hybridized carbons (Fsp3) is 0.368. The van der Waals surface area contributed by atoms with Gasteiger partial charge in [-0.3, -0.25) is 9.88 Å². The van der Waals surface area contributed by atoms with Crippen molar-refractivity contribution in [2.45, 2.75) is 32.2 Å². The first kappa shape index (κ1) is 17.7. The highest BCUT2D eigenvalue weighted by Gasteiger charge is 2.26. The molecule has 0 bridgehead atoms. The van der Waals surface area contributed by atoms with Crippen LogP contribution < -0.4 is 0 Å². The predicted octanol–water partition coefficient (Wildman–Crippen LogP) is 3.49. The zero-order valence-electron chi connectivity index (χ0n) is 14.9. The Morgan fingerprint density at radius 2 is 1.96 bits per heavy atom. The Balaban J connectivity index is 1.38. The molecule has 0 radical (unpaired) electrons. The summed E-state index contributed by atoms with van der Waals surface area (Å²) in [5.74, 6) is -0.372. The molecule has 0 amide bonds. The van der Waals surface area contributed by atoms with Gasteiger partial charge in [0.25, 0.3) is 5.89 Å². The number of benzene rings is 1. The molecule has 0 spiro atoms. The van der Waals surface area contributed by atoms with Gasteiger partial charge in [-0.05, 0) is 38.9 Å². The van der Waals surface area contributed by atoms with Crippen molar-refractivity contribution in [1.82, 2.24) is 25.0 Å². The van der Waals surface area contributed by atoms with Gasteiger partial charge in [-0.25, -0.2) is 13.8 Å². The van der Waals surface area contributed by atoms with E-state index >= 15 is 0 Å². The monoisotopic (exact) mass is 371 g/mol. The Kier molecular flexibility index (Phi) is 4.89. The largest absolute Gasteiger partial charge is 0.332 e. The first-order chi connectivity index (χ1) is 13.1. The van der Waals surface area contributed by atoms with Gasteiger partial charge in [0, 0.05) is 24.2 Å². The van der Waals surface area contributed by atoms with E-state index in [1.807, 2.05) is 6.92 Å². The van der Waals surface area contributed by atoms with Crippen LogP contribution in [0, 0.1) is 18.6 Å². The maximum Gasteiger partial charge on any atom is 0.278 e. The van der Waals surface area contributed by atoms with E-state index in [-0.39, 0.29) is 5.92 Å². The summed E-state index contributed by atoms with van der Waals surface area (Å²) >= 11 is 0. The quantitative estimate of drug-likeness (QED) is 0.699. The number of rotatable bonds is 4. The number of hydrogen-bond donors (Lipinski definition) is 0. The maximum atomic E-state index is 13.8. The van der Waals surface area contributed by atoms with Crippen LogP contribution in [0.4, 0.5) is 8.78 Å². The third-order valence-electron chi connectivity index (χ3n) is 4.82. The third kappa shape index (κ3) is 3.85. The molecule has 0 atom stereocenters. The minimum Gasteiger partial charge on any atom is -0.332 e. The minimum atomic E-state index is -0.805. The van der Waals surface area contributed by atoms with Gasteiger partial charge >= 0.3 is 0 Å². The summed E-state index contributed by atoms with van der Waals surface area (Å²) in [5.41, 5.74) is 1.76. The predicted molar refractivity (Wildman–Crippen MR) is 93.7 cm³/mol. The van der Waals surface area contributed by atoms with Gasteiger partial charge in [0.1, 0.15) is 5.69 Å². The van der Waals surface area contributed by atoms with Crippen LogP contribution >= 0.6 is 0 Å². The molecule has 4 rings (SSSR count). The van der Waals surface area contributed by atoms with E-state index in [0.717, 1.165) is 37.7 Å². The molecule has 1 saturated heterocycles. The van der Waals surface area contributed by atoms with Crippen LogP contribution in [0.2, 0.25) is 0 Å². The summed E-state index contributed by atoms with van der Waals surface area (Å²) in [6.45, 7) is 3.77. The van der Waals surface area contributed by atoms with Crippen LogP contribution in [0.1, 0.15) is 35.8 Å². The molecular formula is C19H19F2N5O. The van der Waals surface area contributed by atoms with Crippen LogP contribution in [0.3, 0.4) is 0 Å². The Morgan fingerprint density at radius 3 is 2.70 bits per heavy atom. The number of aryl methyl sites for hydroxylation is 1. The highest BCUT2D eigenvalue weighted by atomic mass is 19.2. The summed E-state index contributed by atoms with van der Waals surface area (Å²) in [4.78, 5) is 15.0. The van der Waals surface area contributed by atoms with Gasteiger partial charge in [-0.15, -0.1) is 0 Å². The number of likely N-dealkylation sites (tertiary alicyclic amines) is 1. The topological polar surface area (TPSA) is 67.9 Å². The molecule has 2 aromatic heterocycles. The molecule has 1 fully saturated rings. The highest BCUT2D eigenvalue weighted by Crippen LogP contribution is 2.28. The molecule has 27 heavy (non-hydrogen) atoms. The van der Waals surface area contributed by atoms with Crippen LogP contribution in [0.15, 0.2) is 35.1 Å². The minimum absolute atomic E-state index is 0.175. The van der Waals surface area contributed by atoms with Crippen LogP contribution in [-0.2, 0) is 6.54 Å². The third-order valence-corrected chi connectivity index (χ3v) is 4.82. The van der Waals surface area contributed by atoms with Gasteiger partial charge < -0.3 is 4.52 Å². The van der Waals surface area contributed by atoms with E-state index in [1.54, 1.807) is 18.5 Å². The van der Waals surface area contributed by atoms with Gasteiger partial charge in [0.15, 0.2) is 17.5 Å². The summed E-state index contributed by atoms with van der Waals surface area (Å²) in [6.07, 6.45) is 4.93. The van der Waals surface area contributed by atoms with Gasteiger partial charge in [0.05, 0.1) is 11.9 Å². The fourth-order valence-corrected chi connectivity index (χ4v) is 3.27. The molecule has 8 heteroatoms. The normalized spacial score (nSPS) is 16.0. The molecule has 1 aliphatic heterocycles. The van der Waals surface area contributed by atoms with Crippen molar-refractivity contribution < 1.29 is 13.3 Å². The summed E-state index contributed by atoms with van der Waals surface area (Å²) in [6, 6.07) is 4.30. The van der Waals surface area contributed by atoms with Crippen molar-refractivity contribution >= 4 is 0 Å². The zero-order valence-corrected chi connectivity index (χ0v) is 14.9. The Hall–Kier alpha value is -2.74. The van der Waals surface area contributed by atoms with Gasteiger partial charge in [-0.2, -0.15) is 4.98 Å². The first-order valence-corrected chi connectivity index (χ1v) is 8.88. The molecular weight excluding hydrogens is 352 g/mol. The number of aromatic nitrogens is 4. The molecule has 0 unspecified atom stereocenters. The summed E-state index contributed by atoms with van der Waals surface area (Å²) in [7, 11) is 0. The zero-order chi connectivity index (χ0) is 18.8. The smallest absolute Gasteiger partial charge is 0.278 e. The lowest BCUT2D eigenvalue weighted by atomic mass is 9.96. The number of halogens is 2. The van der Waals surface area contributed by atoms with E-state index < -0.39 is 11.6 Å². The Morgan fingerprint density at radius 1 is 1.15 bits per heavy atom. The SMILES string of the molecule is Cc1cnc(-c2nc(C3CCN(Cc4cccc(F)c4F)CC3)no2)cn1. The molecule has 0 N–H and O–H groups in total. The maximum absolute atomic E-state index is 13.8. The number of hydrogen-bond acceptors (Lipinski definition) is 6. The first-order valence-electron chi connectivity index (χ1n) is 8.88. The average molecular weight is 371 g/mol. The molecule has 6 nitrogen and oxygen atoms in total. The second-order valence-corrected chi connectivity index (χ2v) is 6.76. The lowest BCUT2D eigenvalue weighted by Gasteiger charge is -2.30. The second-order valence-electron chi connectivity index (χ2n) is 6.76. The Bertz CT molecular complexity index is 920. The number of piperidine rings is 1. The van der Waals surface area contributed by atoms with Crippen molar-refractivity contribution in [2.75, 3.05) is 13.1 Å². The molecule has 1 aromatic carbocycles. The molecule has 0 saturated carbocycles. The van der Waals surface area contributed by atoms with E-state index in [1.165, 1.54) is 6.07 Å². The van der Waals surface area contributed by atoms with E-state index in [9.17, 15) is 8.78 Å². The van der Waals surface area contributed by atoms with Crippen LogP contribution in [0.25, 0.3) is 11.6 Å². The average Bonchev–Trinajstić information content (AvgIpc) is 3.17. The van der Waals surface area contributed by atoms with E-state index in [2.05, 4.69) is 25.0 Å². The van der Waals surface area contributed by atoms with Gasteiger partial charge in [-0.1, -0.05) is 17.3 Å². The second kappa shape index (κ2) is 7.48. The molecule has 0 aliphatic carbocycles.